The van der Waals surface area contributed by atoms with Gasteiger partial charge in [-0.2, -0.15) is 5.10 Å². The second kappa shape index (κ2) is 7.01. The molecule has 6 rings (SSSR count). The van der Waals surface area contributed by atoms with E-state index in [4.69, 9.17) is 15.8 Å². The van der Waals surface area contributed by atoms with Crippen molar-refractivity contribution < 1.29 is 0 Å². The summed E-state index contributed by atoms with van der Waals surface area (Å²) in [6.07, 6.45) is 5.41. The van der Waals surface area contributed by atoms with Gasteiger partial charge in [-0.3, -0.25) is 0 Å². The second-order valence-corrected chi connectivity index (χ2v) is 9.21. The molecule has 0 unspecified atom stereocenters. The fourth-order valence-corrected chi connectivity index (χ4v) is 4.93. The molecule has 3 aromatic carbocycles. The molecule has 2 heterocycles. The molecule has 1 fully saturated rings. The molecule has 0 bridgehead atoms. The van der Waals surface area contributed by atoms with Crippen LogP contribution in [0.1, 0.15) is 24.8 Å². The SMILES string of the molecule is NC1(c2ccc(-c3nc4c5cccc(Br)c5nn4cc3-c3ccccc3)cc2)CCC1. The number of rotatable bonds is 3. The highest BCUT2D eigenvalue weighted by molar-refractivity contribution is 9.10. The van der Waals surface area contributed by atoms with Gasteiger partial charge in [-0.1, -0.05) is 60.7 Å². The molecule has 0 aliphatic heterocycles. The molecule has 1 aliphatic rings. The smallest absolute Gasteiger partial charge is 0.163 e. The normalized spacial score (nSPS) is 15.3. The lowest BCUT2D eigenvalue weighted by Crippen LogP contribution is -2.43. The zero-order valence-corrected chi connectivity index (χ0v) is 18.5. The standard InChI is InChI=1S/C26H21BrN4/c27-22-9-4-8-20-24(22)30-31-16-21(17-6-2-1-3-7-17)23(29-25(20)31)18-10-12-19(13-11-18)26(28)14-5-15-26/h1-4,6-13,16H,5,14-15,28H2. The van der Waals surface area contributed by atoms with E-state index in [1.54, 1.807) is 0 Å². The van der Waals surface area contributed by atoms with Gasteiger partial charge in [0, 0.05) is 32.7 Å². The molecule has 0 atom stereocenters. The van der Waals surface area contributed by atoms with Crippen LogP contribution in [0.15, 0.2) is 83.5 Å². The van der Waals surface area contributed by atoms with Crippen LogP contribution in [-0.2, 0) is 5.54 Å². The average Bonchev–Trinajstić information content (AvgIpc) is 3.16. The van der Waals surface area contributed by atoms with Crippen LogP contribution < -0.4 is 5.73 Å². The Hall–Kier alpha value is -3.02. The lowest BCUT2D eigenvalue weighted by Gasteiger charge is -2.38. The highest BCUT2D eigenvalue weighted by Crippen LogP contribution is 2.40. The number of halogens is 1. The van der Waals surface area contributed by atoms with Crippen LogP contribution >= 0.6 is 15.9 Å². The molecule has 31 heavy (non-hydrogen) atoms. The van der Waals surface area contributed by atoms with Crippen molar-refractivity contribution in [2.75, 3.05) is 0 Å². The van der Waals surface area contributed by atoms with Crippen LogP contribution in [0, 0.1) is 0 Å². The predicted octanol–water partition coefficient (Wildman–Crippen LogP) is 6.32. The highest BCUT2D eigenvalue weighted by atomic mass is 79.9. The van der Waals surface area contributed by atoms with Crippen molar-refractivity contribution in [2.24, 2.45) is 5.73 Å². The lowest BCUT2D eigenvalue weighted by atomic mass is 9.72. The summed E-state index contributed by atoms with van der Waals surface area (Å²) in [4.78, 5) is 5.13. The first-order chi connectivity index (χ1) is 15.1. The summed E-state index contributed by atoms with van der Waals surface area (Å²) in [6.45, 7) is 0. The van der Waals surface area contributed by atoms with Crippen LogP contribution in [-0.4, -0.2) is 14.6 Å². The first kappa shape index (κ1) is 18.7. The van der Waals surface area contributed by atoms with Crippen molar-refractivity contribution in [3.05, 3.63) is 89.0 Å². The molecule has 1 aliphatic carbocycles. The zero-order chi connectivity index (χ0) is 21.0. The minimum atomic E-state index is -0.161. The van der Waals surface area contributed by atoms with Gasteiger partial charge >= 0.3 is 0 Å². The van der Waals surface area contributed by atoms with Crippen LogP contribution in [0.3, 0.4) is 0 Å². The van der Waals surface area contributed by atoms with Gasteiger partial charge in [-0.05, 0) is 58.5 Å². The van der Waals surface area contributed by atoms with Crippen molar-refractivity contribution >= 4 is 32.5 Å². The van der Waals surface area contributed by atoms with Crippen molar-refractivity contribution in [1.29, 1.82) is 0 Å². The van der Waals surface area contributed by atoms with Gasteiger partial charge in [-0.15, -0.1) is 0 Å². The van der Waals surface area contributed by atoms with Gasteiger partial charge in [-0.25, -0.2) is 9.50 Å². The Balaban J connectivity index is 1.59. The third-order valence-electron chi connectivity index (χ3n) is 6.44. The number of nitrogens with zero attached hydrogens (tertiary/aromatic N) is 3. The summed E-state index contributed by atoms with van der Waals surface area (Å²) in [7, 11) is 0. The molecule has 0 amide bonds. The molecular formula is C26H21BrN4. The Labute approximate surface area is 188 Å². The minimum Gasteiger partial charge on any atom is -0.321 e. The number of nitrogens with two attached hydrogens (primary N) is 1. The van der Waals surface area contributed by atoms with Crippen LogP contribution in [0.4, 0.5) is 0 Å². The molecule has 5 heteroatoms. The van der Waals surface area contributed by atoms with Crippen molar-refractivity contribution in [3.63, 3.8) is 0 Å². The molecule has 152 valence electrons. The predicted molar refractivity (Wildman–Crippen MR) is 129 cm³/mol. The van der Waals surface area contributed by atoms with E-state index in [2.05, 4.69) is 76.7 Å². The Morgan fingerprint density at radius 2 is 1.65 bits per heavy atom. The third-order valence-corrected chi connectivity index (χ3v) is 7.08. The van der Waals surface area contributed by atoms with Gasteiger partial charge in [0.05, 0.1) is 5.69 Å². The first-order valence-electron chi connectivity index (χ1n) is 10.6. The van der Waals surface area contributed by atoms with Crippen LogP contribution in [0.5, 0.6) is 0 Å². The van der Waals surface area contributed by atoms with Gasteiger partial charge in [0.1, 0.15) is 5.52 Å². The fraction of sp³-hybridized carbons (Fsp3) is 0.154. The van der Waals surface area contributed by atoms with E-state index in [1.165, 1.54) is 12.0 Å². The maximum atomic E-state index is 6.54. The largest absolute Gasteiger partial charge is 0.321 e. The Morgan fingerprint density at radius 1 is 0.871 bits per heavy atom. The van der Waals surface area contributed by atoms with E-state index in [9.17, 15) is 0 Å². The summed E-state index contributed by atoms with van der Waals surface area (Å²) in [6, 6.07) is 25.1. The second-order valence-electron chi connectivity index (χ2n) is 8.36. The van der Waals surface area contributed by atoms with E-state index in [-0.39, 0.29) is 5.54 Å². The number of hydrogen-bond acceptors (Lipinski definition) is 3. The zero-order valence-electron chi connectivity index (χ0n) is 16.9. The Bertz CT molecular complexity index is 1420. The minimum absolute atomic E-state index is 0.161. The third kappa shape index (κ3) is 2.99. The number of hydrogen-bond donors (Lipinski definition) is 1. The van der Waals surface area contributed by atoms with E-state index in [0.717, 1.165) is 56.2 Å². The monoisotopic (exact) mass is 468 g/mol. The molecule has 0 spiro atoms. The number of aromatic nitrogens is 3. The summed E-state index contributed by atoms with van der Waals surface area (Å²) >= 11 is 3.63. The fourth-order valence-electron chi connectivity index (χ4n) is 4.48. The topological polar surface area (TPSA) is 56.2 Å². The molecule has 2 aromatic heterocycles. The molecule has 5 aromatic rings. The maximum Gasteiger partial charge on any atom is 0.163 e. The Kier molecular flexibility index (Phi) is 4.23. The van der Waals surface area contributed by atoms with Crippen LogP contribution in [0.2, 0.25) is 0 Å². The molecule has 1 saturated carbocycles. The van der Waals surface area contributed by atoms with Crippen molar-refractivity contribution in [2.45, 2.75) is 24.8 Å². The van der Waals surface area contributed by atoms with Crippen molar-refractivity contribution in [3.8, 4) is 22.4 Å². The van der Waals surface area contributed by atoms with E-state index in [0.29, 0.717) is 0 Å². The molecule has 2 N–H and O–H groups in total. The summed E-state index contributed by atoms with van der Waals surface area (Å²) in [5, 5.41) is 5.82. The quantitative estimate of drug-likeness (QED) is 0.337. The van der Waals surface area contributed by atoms with E-state index < -0.39 is 0 Å². The van der Waals surface area contributed by atoms with Gasteiger partial charge < -0.3 is 5.73 Å². The molecular weight excluding hydrogens is 448 g/mol. The maximum absolute atomic E-state index is 6.54. The van der Waals surface area contributed by atoms with Gasteiger partial charge in [0.15, 0.2) is 5.65 Å². The molecule has 4 nitrogen and oxygen atoms in total. The van der Waals surface area contributed by atoms with Gasteiger partial charge in [0.2, 0.25) is 0 Å². The van der Waals surface area contributed by atoms with Gasteiger partial charge in [0.25, 0.3) is 0 Å². The van der Waals surface area contributed by atoms with Crippen LogP contribution in [0.25, 0.3) is 38.9 Å². The lowest BCUT2D eigenvalue weighted by molar-refractivity contribution is 0.253. The van der Waals surface area contributed by atoms with E-state index in [1.807, 2.05) is 22.7 Å². The molecule has 0 radical (unpaired) electrons. The number of fused-ring (bicyclic) bond motifs is 3. The molecule has 0 saturated heterocycles. The Morgan fingerprint density at radius 3 is 2.35 bits per heavy atom. The first-order valence-corrected chi connectivity index (χ1v) is 11.3. The summed E-state index contributed by atoms with van der Waals surface area (Å²) in [5.74, 6) is 0. The number of benzene rings is 3. The summed E-state index contributed by atoms with van der Waals surface area (Å²) < 4.78 is 2.86. The average molecular weight is 469 g/mol. The van der Waals surface area contributed by atoms with E-state index >= 15 is 0 Å². The summed E-state index contributed by atoms with van der Waals surface area (Å²) in [5.41, 5.74) is 13.6. The highest BCUT2D eigenvalue weighted by Gasteiger charge is 2.34. The van der Waals surface area contributed by atoms with Crippen molar-refractivity contribution in [1.82, 2.24) is 14.6 Å².